The van der Waals surface area contributed by atoms with Crippen LogP contribution in [0.1, 0.15) is 251 Å². The van der Waals surface area contributed by atoms with Gasteiger partial charge in [-0.2, -0.15) is 0 Å². The lowest BCUT2D eigenvalue weighted by Crippen LogP contribution is -2.43. The molecule has 350 valence electrons. The van der Waals surface area contributed by atoms with E-state index < -0.39 is 57.6 Å². The Morgan fingerprint density at radius 3 is 1.12 bits per heavy atom. The minimum absolute atomic E-state index is 0.152. The van der Waals surface area contributed by atoms with E-state index in [1.54, 1.807) is 0 Å². The molecule has 0 aliphatic rings. The molecule has 0 aromatic carbocycles. The summed E-state index contributed by atoms with van der Waals surface area (Å²) in [5.74, 6) is -2.35. The molecule has 1 amide bonds. The molecule has 0 rings (SSSR count). The standard InChI is InChI=1S/C47H92NO10P/c1-3-5-7-9-11-13-15-17-19-20-21-22-23-24-25-27-29-31-33-35-37-39-46(51)56-40-43(49)41-57-59(54,55)58-42-44(47(52)53)48-45(50)38-36-34-32-30-28-26-18-16-14-12-10-8-6-4-2/h43-44,49H,3-42H2,1-2H3,(H,48,50)(H,52,53)(H,54,55). The van der Waals surface area contributed by atoms with Gasteiger partial charge in [0.2, 0.25) is 5.91 Å². The highest BCUT2D eigenvalue weighted by Crippen LogP contribution is 2.43. The predicted octanol–water partition coefficient (Wildman–Crippen LogP) is 13.1. The van der Waals surface area contributed by atoms with Crippen LogP contribution in [0.3, 0.4) is 0 Å². The van der Waals surface area contributed by atoms with Gasteiger partial charge in [0.25, 0.3) is 0 Å². The van der Waals surface area contributed by atoms with Crippen LogP contribution in [-0.4, -0.2) is 64.9 Å². The molecule has 0 aromatic rings. The lowest BCUT2D eigenvalue weighted by molar-refractivity contribution is -0.147. The van der Waals surface area contributed by atoms with Crippen molar-refractivity contribution in [2.75, 3.05) is 19.8 Å². The Morgan fingerprint density at radius 2 is 0.780 bits per heavy atom. The Hall–Kier alpha value is -1.52. The number of amides is 1. The molecule has 3 unspecified atom stereocenters. The number of rotatable bonds is 47. The van der Waals surface area contributed by atoms with Crippen molar-refractivity contribution in [1.29, 1.82) is 0 Å². The van der Waals surface area contributed by atoms with Gasteiger partial charge in [0.1, 0.15) is 12.7 Å². The number of esters is 1. The van der Waals surface area contributed by atoms with Crippen molar-refractivity contribution in [1.82, 2.24) is 5.32 Å². The first-order valence-corrected chi connectivity index (χ1v) is 26.1. The van der Waals surface area contributed by atoms with Crippen LogP contribution in [0.25, 0.3) is 0 Å². The average Bonchev–Trinajstić information content (AvgIpc) is 3.21. The number of carboxylic acid groups (broad SMARTS) is 1. The molecule has 0 spiro atoms. The Bertz CT molecular complexity index is 1020. The molecule has 11 nitrogen and oxygen atoms in total. The van der Waals surface area contributed by atoms with Crippen LogP contribution in [0.4, 0.5) is 0 Å². The highest BCUT2D eigenvalue weighted by molar-refractivity contribution is 7.47. The van der Waals surface area contributed by atoms with E-state index >= 15 is 0 Å². The summed E-state index contributed by atoms with van der Waals surface area (Å²) in [6, 6.07) is -1.54. The summed E-state index contributed by atoms with van der Waals surface area (Å²) in [6.45, 7) is 2.64. The van der Waals surface area contributed by atoms with E-state index in [1.807, 2.05) is 0 Å². The third-order valence-electron chi connectivity index (χ3n) is 11.1. The number of phosphoric acid groups is 1. The zero-order chi connectivity index (χ0) is 43.5. The van der Waals surface area contributed by atoms with E-state index in [-0.39, 0.29) is 12.8 Å². The van der Waals surface area contributed by atoms with Gasteiger partial charge in [-0.05, 0) is 12.8 Å². The number of hydrogen-bond acceptors (Lipinski definition) is 8. The van der Waals surface area contributed by atoms with Gasteiger partial charge in [0, 0.05) is 12.8 Å². The second-order valence-electron chi connectivity index (χ2n) is 17.0. The molecule has 4 N–H and O–H groups in total. The number of hydrogen-bond donors (Lipinski definition) is 4. The van der Waals surface area contributed by atoms with Crippen LogP contribution in [0.15, 0.2) is 0 Å². The van der Waals surface area contributed by atoms with E-state index in [2.05, 4.69) is 19.2 Å². The first-order chi connectivity index (χ1) is 28.6. The van der Waals surface area contributed by atoms with Crippen molar-refractivity contribution in [3.8, 4) is 0 Å². The minimum atomic E-state index is -4.75. The third kappa shape index (κ3) is 42.9. The number of aliphatic hydroxyl groups excluding tert-OH is 1. The van der Waals surface area contributed by atoms with Gasteiger partial charge in [0.05, 0.1) is 13.2 Å². The lowest BCUT2D eigenvalue weighted by atomic mass is 10.0. The van der Waals surface area contributed by atoms with E-state index in [9.17, 15) is 34.1 Å². The number of nitrogens with one attached hydrogen (secondary N) is 1. The monoisotopic (exact) mass is 862 g/mol. The van der Waals surface area contributed by atoms with Crippen molar-refractivity contribution in [3.63, 3.8) is 0 Å². The van der Waals surface area contributed by atoms with Crippen molar-refractivity contribution in [3.05, 3.63) is 0 Å². The van der Waals surface area contributed by atoms with Gasteiger partial charge in [-0.3, -0.25) is 18.6 Å². The Kier molecular flexibility index (Phi) is 42.0. The number of ether oxygens (including phenoxy) is 1. The fourth-order valence-corrected chi connectivity index (χ4v) is 8.09. The molecule has 0 radical (unpaired) electrons. The number of carboxylic acids is 1. The SMILES string of the molecule is CCCCCCCCCCCCCCCCCCCCCCCC(=O)OCC(O)COP(=O)(O)OCC(NC(=O)CCCCCCCCCCCCCCCC)C(=O)O. The minimum Gasteiger partial charge on any atom is -0.480 e. The molecule has 0 saturated heterocycles. The number of carbonyl (C=O) groups is 3. The first-order valence-electron chi connectivity index (χ1n) is 24.6. The van der Waals surface area contributed by atoms with Crippen molar-refractivity contribution in [2.45, 2.75) is 264 Å². The molecule has 0 bridgehead atoms. The van der Waals surface area contributed by atoms with Crippen LogP contribution in [-0.2, 0) is 32.7 Å². The van der Waals surface area contributed by atoms with Gasteiger partial charge >= 0.3 is 19.8 Å². The summed E-state index contributed by atoms with van der Waals surface area (Å²) < 4.78 is 26.9. The summed E-state index contributed by atoms with van der Waals surface area (Å²) in [7, 11) is -4.75. The van der Waals surface area contributed by atoms with Crippen molar-refractivity contribution >= 4 is 25.7 Å². The van der Waals surface area contributed by atoms with Gasteiger partial charge in [-0.25, -0.2) is 9.36 Å². The van der Waals surface area contributed by atoms with Crippen LogP contribution >= 0.6 is 7.82 Å². The molecular weight excluding hydrogens is 769 g/mol. The molecule has 0 saturated carbocycles. The number of phosphoric ester groups is 1. The first kappa shape index (κ1) is 57.5. The maximum Gasteiger partial charge on any atom is 0.472 e. The fourth-order valence-electron chi connectivity index (χ4n) is 7.32. The average molecular weight is 862 g/mol. The summed E-state index contributed by atoms with van der Waals surface area (Å²) in [6.07, 6.45) is 42.7. The molecule has 0 aliphatic heterocycles. The molecular formula is C47H92NO10P. The Morgan fingerprint density at radius 1 is 0.475 bits per heavy atom. The largest absolute Gasteiger partial charge is 0.480 e. The molecule has 3 atom stereocenters. The Labute approximate surface area is 361 Å². The quantitative estimate of drug-likeness (QED) is 0.0262. The molecule has 59 heavy (non-hydrogen) atoms. The van der Waals surface area contributed by atoms with Crippen LogP contribution in [0, 0.1) is 0 Å². The smallest absolute Gasteiger partial charge is 0.472 e. The molecule has 0 aromatic heterocycles. The molecule has 0 aliphatic carbocycles. The summed E-state index contributed by atoms with van der Waals surface area (Å²) in [5.41, 5.74) is 0. The van der Waals surface area contributed by atoms with Crippen molar-refractivity contribution in [2.24, 2.45) is 0 Å². The third-order valence-corrected chi connectivity index (χ3v) is 12.1. The Balaban J connectivity index is 3.77. The van der Waals surface area contributed by atoms with E-state index in [1.165, 1.54) is 173 Å². The van der Waals surface area contributed by atoms with Crippen molar-refractivity contribution < 1.29 is 47.8 Å². The zero-order valence-corrected chi connectivity index (χ0v) is 39.0. The molecule has 0 heterocycles. The van der Waals surface area contributed by atoms with Crippen LogP contribution in [0.2, 0.25) is 0 Å². The molecule has 0 fully saturated rings. The van der Waals surface area contributed by atoms with Gasteiger partial charge in [-0.1, -0.05) is 226 Å². The summed E-state index contributed by atoms with van der Waals surface area (Å²) in [5, 5.41) is 21.9. The second-order valence-corrected chi connectivity index (χ2v) is 18.5. The summed E-state index contributed by atoms with van der Waals surface area (Å²) in [4.78, 5) is 46.0. The van der Waals surface area contributed by atoms with E-state index in [0.29, 0.717) is 12.8 Å². The number of unbranched alkanes of at least 4 members (excludes halogenated alkanes) is 33. The van der Waals surface area contributed by atoms with Gasteiger partial charge in [-0.15, -0.1) is 0 Å². The van der Waals surface area contributed by atoms with E-state index in [4.69, 9.17) is 13.8 Å². The summed E-state index contributed by atoms with van der Waals surface area (Å²) >= 11 is 0. The number of aliphatic hydroxyl groups is 1. The fraction of sp³-hybridized carbons (Fsp3) is 0.936. The van der Waals surface area contributed by atoms with Gasteiger partial charge < -0.3 is 25.2 Å². The maximum atomic E-state index is 12.3. The normalized spacial score (nSPS) is 13.6. The number of aliphatic carboxylic acids is 1. The highest BCUT2D eigenvalue weighted by atomic mass is 31.2. The number of carbonyl (C=O) groups excluding carboxylic acids is 2. The highest BCUT2D eigenvalue weighted by Gasteiger charge is 2.28. The predicted molar refractivity (Wildman–Crippen MR) is 240 cm³/mol. The van der Waals surface area contributed by atoms with E-state index in [0.717, 1.165) is 38.5 Å². The second kappa shape index (κ2) is 43.1. The zero-order valence-electron chi connectivity index (χ0n) is 38.1. The van der Waals surface area contributed by atoms with Crippen LogP contribution < -0.4 is 5.32 Å². The topological polar surface area (TPSA) is 169 Å². The molecule has 12 heteroatoms. The van der Waals surface area contributed by atoms with Crippen LogP contribution in [0.5, 0.6) is 0 Å². The maximum absolute atomic E-state index is 12.3. The van der Waals surface area contributed by atoms with Gasteiger partial charge in [0.15, 0.2) is 6.04 Å². The lowest BCUT2D eigenvalue weighted by Gasteiger charge is -2.18.